The van der Waals surface area contributed by atoms with Crippen LogP contribution >= 0.6 is 11.3 Å². The van der Waals surface area contributed by atoms with Gasteiger partial charge in [0.2, 0.25) is 0 Å². The zero-order valence-corrected chi connectivity index (χ0v) is 10.4. The monoisotopic (exact) mass is 245 g/mol. The molecule has 1 aliphatic rings. The van der Waals surface area contributed by atoms with Crippen molar-refractivity contribution in [1.29, 1.82) is 0 Å². The van der Waals surface area contributed by atoms with E-state index in [1.807, 2.05) is 18.3 Å². The molecule has 0 atom stereocenters. The van der Waals surface area contributed by atoms with Gasteiger partial charge >= 0.3 is 0 Å². The zero-order chi connectivity index (χ0) is 11.7. The fourth-order valence-corrected chi connectivity index (χ4v) is 3.37. The molecule has 2 heterocycles. The lowest BCUT2D eigenvalue weighted by molar-refractivity contribution is 0.252. The van der Waals surface area contributed by atoms with Crippen LogP contribution in [-0.4, -0.2) is 16.5 Å². The summed E-state index contributed by atoms with van der Waals surface area (Å²) in [5, 5.41) is 3.31. The Kier molecular flexibility index (Phi) is 2.68. The Morgan fingerprint density at radius 1 is 1.41 bits per heavy atom. The molecule has 0 radical (unpaired) electrons. The number of pyridine rings is 1. The van der Waals surface area contributed by atoms with Crippen LogP contribution in [0.2, 0.25) is 0 Å². The molecule has 3 nitrogen and oxygen atoms in total. The van der Waals surface area contributed by atoms with Crippen molar-refractivity contribution in [3.63, 3.8) is 0 Å². The number of hydrogen-bond acceptors (Lipinski definition) is 4. The highest BCUT2D eigenvalue weighted by atomic mass is 32.1. The van der Waals surface area contributed by atoms with Crippen molar-refractivity contribution in [2.24, 2.45) is 5.73 Å². The Labute approximate surface area is 105 Å². The maximum atomic E-state index is 5.90. The van der Waals surface area contributed by atoms with Crippen LogP contribution in [0.5, 0.6) is 0 Å². The molecule has 1 saturated carbocycles. The van der Waals surface area contributed by atoms with Crippen molar-refractivity contribution >= 4 is 11.3 Å². The first-order valence-electron chi connectivity index (χ1n) is 5.91. The fourth-order valence-electron chi connectivity index (χ4n) is 2.27. The molecule has 2 N–H and O–H groups in total. The molecule has 88 valence electrons. The predicted molar refractivity (Wildman–Crippen MR) is 69.9 cm³/mol. The summed E-state index contributed by atoms with van der Waals surface area (Å²) in [7, 11) is 0. The summed E-state index contributed by atoms with van der Waals surface area (Å²) in [5.41, 5.74) is 8.19. The quantitative estimate of drug-likeness (QED) is 0.904. The Bertz CT molecular complexity index is 497. The average molecular weight is 245 g/mol. The summed E-state index contributed by atoms with van der Waals surface area (Å²) in [6.07, 6.45) is 7.28. The number of rotatable bonds is 3. The molecular formula is C13H15N3S. The molecule has 1 fully saturated rings. The number of aromatic nitrogens is 2. The molecule has 0 unspecified atom stereocenters. The van der Waals surface area contributed by atoms with Crippen molar-refractivity contribution in [3.05, 3.63) is 34.9 Å². The Morgan fingerprint density at radius 2 is 2.29 bits per heavy atom. The second-order valence-electron chi connectivity index (χ2n) is 4.62. The van der Waals surface area contributed by atoms with Crippen LogP contribution in [0.3, 0.4) is 0 Å². The first-order valence-corrected chi connectivity index (χ1v) is 6.78. The minimum absolute atomic E-state index is 0.172. The van der Waals surface area contributed by atoms with Gasteiger partial charge in [0, 0.05) is 35.3 Å². The van der Waals surface area contributed by atoms with Crippen LogP contribution in [0.4, 0.5) is 0 Å². The van der Waals surface area contributed by atoms with Gasteiger partial charge in [-0.2, -0.15) is 0 Å². The SMILES string of the molecule is NCC1(c2nc(-c3cccnc3)cs2)CCC1. The molecule has 17 heavy (non-hydrogen) atoms. The summed E-state index contributed by atoms with van der Waals surface area (Å²) >= 11 is 1.73. The molecule has 0 saturated heterocycles. The van der Waals surface area contributed by atoms with Crippen molar-refractivity contribution in [3.8, 4) is 11.3 Å². The minimum Gasteiger partial charge on any atom is -0.329 e. The second-order valence-corrected chi connectivity index (χ2v) is 5.48. The molecule has 2 aromatic rings. The van der Waals surface area contributed by atoms with E-state index in [1.54, 1.807) is 17.5 Å². The van der Waals surface area contributed by atoms with Gasteiger partial charge in [0.15, 0.2) is 0 Å². The van der Waals surface area contributed by atoms with Crippen LogP contribution in [-0.2, 0) is 5.41 Å². The lowest BCUT2D eigenvalue weighted by atomic mass is 9.69. The maximum absolute atomic E-state index is 5.90. The lowest BCUT2D eigenvalue weighted by Gasteiger charge is -2.38. The standard InChI is InChI=1S/C13H15N3S/c14-9-13(4-2-5-13)12-16-11(8-17-12)10-3-1-6-15-7-10/h1,3,6-8H,2,4-5,9,14H2. The van der Waals surface area contributed by atoms with E-state index in [0.29, 0.717) is 6.54 Å². The predicted octanol–water partition coefficient (Wildman–Crippen LogP) is 2.59. The van der Waals surface area contributed by atoms with E-state index < -0.39 is 0 Å². The Hall–Kier alpha value is -1.26. The van der Waals surface area contributed by atoms with E-state index in [-0.39, 0.29) is 5.41 Å². The maximum Gasteiger partial charge on any atom is 0.101 e. The molecule has 0 aromatic carbocycles. The summed E-state index contributed by atoms with van der Waals surface area (Å²) in [4.78, 5) is 8.87. The summed E-state index contributed by atoms with van der Waals surface area (Å²) in [6, 6.07) is 3.98. The van der Waals surface area contributed by atoms with E-state index in [4.69, 9.17) is 10.7 Å². The van der Waals surface area contributed by atoms with Crippen LogP contribution in [0, 0.1) is 0 Å². The van der Waals surface area contributed by atoms with E-state index in [0.717, 1.165) is 11.3 Å². The molecule has 4 heteroatoms. The largest absolute Gasteiger partial charge is 0.329 e. The van der Waals surface area contributed by atoms with Gasteiger partial charge in [-0.15, -0.1) is 11.3 Å². The van der Waals surface area contributed by atoms with Crippen molar-refractivity contribution in [2.75, 3.05) is 6.54 Å². The summed E-state index contributed by atoms with van der Waals surface area (Å²) in [6.45, 7) is 0.715. The Morgan fingerprint density at radius 3 is 2.88 bits per heavy atom. The third kappa shape index (κ3) is 1.77. The van der Waals surface area contributed by atoms with Crippen LogP contribution in [0.15, 0.2) is 29.9 Å². The van der Waals surface area contributed by atoms with Crippen LogP contribution < -0.4 is 5.73 Å². The minimum atomic E-state index is 0.172. The first-order chi connectivity index (χ1) is 8.34. The van der Waals surface area contributed by atoms with Gasteiger partial charge in [-0.1, -0.05) is 6.42 Å². The third-order valence-corrected chi connectivity index (χ3v) is 4.71. The molecule has 0 amide bonds. The number of nitrogens with zero attached hydrogens (tertiary/aromatic N) is 2. The van der Waals surface area contributed by atoms with E-state index in [1.165, 1.54) is 24.3 Å². The molecule has 0 bridgehead atoms. The highest BCUT2D eigenvalue weighted by Crippen LogP contribution is 2.44. The summed E-state index contributed by atoms with van der Waals surface area (Å²) in [5.74, 6) is 0. The van der Waals surface area contributed by atoms with E-state index in [2.05, 4.69) is 10.4 Å². The average Bonchev–Trinajstić information content (AvgIpc) is 2.80. The number of thiazole rings is 1. The molecular weight excluding hydrogens is 230 g/mol. The molecule has 0 spiro atoms. The molecule has 3 rings (SSSR count). The fraction of sp³-hybridized carbons (Fsp3) is 0.385. The second kappa shape index (κ2) is 4.20. The van der Waals surface area contributed by atoms with Gasteiger partial charge < -0.3 is 5.73 Å². The molecule has 1 aliphatic carbocycles. The van der Waals surface area contributed by atoms with Crippen molar-refractivity contribution in [1.82, 2.24) is 9.97 Å². The lowest BCUT2D eigenvalue weighted by Crippen LogP contribution is -2.41. The van der Waals surface area contributed by atoms with Gasteiger partial charge in [0.1, 0.15) is 5.01 Å². The first kappa shape index (κ1) is 10.9. The van der Waals surface area contributed by atoms with Crippen LogP contribution in [0.25, 0.3) is 11.3 Å². The van der Waals surface area contributed by atoms with E-state index >= 15 is 0 Å². The number of hydrogen-bond donors (Lipinski definition) is 1. The highest BCUT2D eigenvalue weighted by molar-refractivity contribution is 7.10. The Balaban J connectivity index is 1.93. The smallest absolute Gasteiger partial charge is 0.101 e. The van der Waals surface area contributed by atoms with Gasteiger partial charge in [0.05, 0.1) is 5.69 Å². The van der Waals surface area contributed by atoms with Crippen LogP contribution in [0.1, 0.15) is 24.3 Å². The van der Waals surface area contributed by atoms with Gasteiger partial charge in [-0.25, -0.2) is 4.98 Å². The highest BCUT2D eigenvalue weighted by Gasteiger charge is 2.39. The van der Waals surface area contributed by atoms with Crippen molar-refractivity contribution in [2.45, 2.75) is 24.7 Å². The van der Waals surface area contributed by atoms with Gasteiger partial charge in [0.25, 0.3) is 0 Å². The van der Waals surface area contributed by atoms with Gasteiger partial charge in [-0.3, -0.25) is 4.98 Å². The normalized spacial score (nSPS) is 17.7. The topological polar surface area (TPSA) is 51.8 Å². The zero-order valence-electron chi connectivity index (χ0n) is 9.60. The van der Waals surface area contributed by atoms with Crippen molar-refractivity contribution < 1.29 is 0 Å². The van der Waals surface area contributed by atoms with Gasteiger partial charge in [-0.05, 0) is 25.0 Å². The number of nitrogens with two attached hydrogens (primary N) is 1. The third-order valence-electron chi connectivity index (χ3n) is 3.62. The summed E-state index contributed by atoms with van der Waals surface area (Å²) < 4.78 is 0. The molecule has 2 aromatic heterocycles. The van der Waals surface area contributed by atoms with E-state index in [9.17, 15) is 0 Å². The molecule has 0 aliphatic heterocycles.